The second-order valence-electron chi connectivity index (χ2n) is 9.01. The molecule has 8 heteroatoms. The maximum Gasteiger partial charge on any atom is 0.243 e. The monoisotopic (exact) mass is 465 g/mol. The van der Waals surface area contributed by atoms with Gasteiger partial charge in [0.05, 0.1) is 13.7 Å². The molecule has 1 saturated carbocycles. The van der Waals surface area contributed by atoms with Crippen molar-refractivity contribution < 1.29 is 9.53 Å². The van der Waals surface area contributed by atoms with Gasteiger partial charge in [-0.3, -0.25) is 9.36 Å². The summed E-state index contributed by atoms with van der Waals surface area (Å²) in [6.45, 7) is 1.31. The van der Waals surface area contributed by atoms with Crippen LogP contribution >= 0.6 is 11.6 Å². The third-order valence-electron chi connectivity index (χ3n) is 7.26. The maximum absolute atomic E-state index is 13.2. The first-order valence-corrected chi connectivity index (χ1v) is 11.7. The van der Waals surface area contributed by atoms with E-state index in [1.807, 2.05) is 51.9 Å². The third kappa shape index (κ3) is 4.00. The Morgan fingerprint density at radius 3 is 2.64 bits per heavy atom. The molecule has 2 N–H and O–H groups in total. The number of ether oxygens (including phenoxy) is 1. The van der Waals surface area contributed by atoms with Crippen LogP contribution in [0.15, 0.2) is 48.5 Å². The highest BCUT2D eigenvalue weighted by atomic mass is 35.5. The first kappa shape index (κ1) is 21.9. The van der Waals surface area contributed by atoms with E-state index in [0.717, 1.165) is 47.8 Å². The van der Waals surface area contributed by atoms with Crippen molar-refractivity contribution in [3.8, 4) is 17.1 Å². The Hall–Kier alpha value is -2.90. The highest BCUT2D eigenvalue weighted by molar-refractivity contribution is 6.30. The molecule has 7 nitrogen and oxygen atoms in total. The van der Waals surface area contributed by atoms with Gasteiger partial charge in [-0.2, -0.15) is 0 Å². The summed E-state index contributed by atoms with van der Waals surface area (Å²) in [7, 11) is 1.63. The van der Waals surface area contributed by atoms with E-state index in [-0.39, 0.29) is 23.9 Å². The molecule has 5 rings (SSSR count). The minimum atomic E-state index is -0.0835. The number of fused-ring (bicyclic) bond motifs is 1. The predicted octanol–water partition coefficient (Wildman–Crippen LogP) is 3.79. The van der Waals surface area contributed by atoms with Crippen LogP contribution in [0, 0.1) is 0 Å². The lowest BCUT2D eigenvalue weighted by atomic mass is 9.68. The molecule has 0 saturated heterocycles. The molecule has 2 heterocycles. The van der Waals surface area contributed by atoms with Crippen LogP contribution in [0.2, 0.25) is 5.02 Å². The van der Waals surface area contributed by atoms with Crippen LogP contribution in [0.4, 0.5) is 0 Å². The molecule has 0 spiro atoms. The van der Waals surface area contributed by atoms with Gasteiger partial charge in [-0.25, -0.2) is 0 Å². The molecule has 1 amide bonds. The molecule has 2 aliphatic rings. The van der Waals surface area contributed by atoms with Crippen molar-refractivity contribution >= 4 is 17.5 Å². The molecule has 172 valence electrons. The Morgan fingerprint density at radius 1 is 1.12 bits per heavy atom. The highest BCUT2D eigenvalue weighted by Crippen LogP contribution is 2.41. The molecule has 33 heavy (non-hydrogen) atoms. The quantitative estimate of drug-likeness (QED) is 0.619. The Bertz CT molecular complexity index is 1170. The fraction of sp³-hybridized carbons (Fsp3) is 0.400. The molecule has 1 aliphatic heterocycles. The fourth-order valence-corrected chi connectivity index (χ4v) is 5.48. The van der Waals surface area contributed by atoms with Crippen molar-refractivity contribution in [3.63, 3.8) is 0 Å². The normalized spacial score (nSPS) is 22.8. The summed E-state index contributed by atoms with van der Waals surface area (Å²) in [5.41, 5.74) is 8.26. The van der Waals surface area contributed by atoms with Gasteiger partial charge in [-0.1, -0.05) is 35.9 Å². The average Bonchev–Trinajstić information content (AvgIpc) is 3.26. The highest BCUT2D eigenvalue weighted by Gasteiger charge is 2.40. The van der Waals surface area contributed by atoms with E-state index in [1.165, 1.54) is 5.56 Å². The van der Waals surface area contributed by atoms with Crippen LogP contribution in [0.5, 0.6) is 5.75 Å². The standard InChI is InChI=1S/C25H28ClN5O2/c1-33-21-7-2-4-17(12-21)24-29-28-22-14-30(23(32)15-31(22)24)20-8-10-25(16-27,11-9-20)18-5-3-6-19(26)13-18/h2-7,12-13,20H,8-11,14-16,27H2,1H3. The number of hydrogen-bond donors (Lipinski definition) is 1. The van der Waals surface area contributed by atoms with Gasteiger partial charge in [0.2, 0.25) is 5.91 Å². The molecule has 1 aromatic heterocycles. The van der Waals surface area contributed by atoms with Crippen LogP contribution in [0.1, 0.15) is 37.1 Å². The van der Waals surface area contributed by atoms with Crippen LogP contribution in [0.25, 0.3) is 11.4 Å². The minimum Gasteiger partial charge on any atom is -0.497 e. The molecule has 0 atom stereocenters. The fourth-order valence-electron chi connectivity index (χ4n) is 5.29. The number of benzene rings is 2. The number of methoxy groups -OCH3 is 1. The summed E-state index contributed by atoms with van der Waals surface area (Å²) in [6, 6.07) is 15.9. The summed E-state index contributed by atoms with van der Waals surface area (Å²) < 4.78 is 7.25. The number of hydrogen-bond acceptors (Lipinski definition) is 5. The topological polar surface area (TPSA) is 86.3 Å². The number of nitrogens with zero attached hydrogens (tertiary/aromatic N) is 4. The van der Waals surface area contributed by atoms with Crippen LogP contribution in [-0.4, -0.2) is 45.3 Å². The number of halogens is 1. The van der Waals surface area contributed by atoms with Crippen LogP contribution in [-0.2, 0) is 23.3 Å². The van der Waals surface area contributed by atoms with Gasteiger partial charge in [0.25, 0.3) is 0 Å². The minimum absolute atomic E-state index is 0.0835. The molecule has 1 aliphatic carbocycles. The van der Waals surface area contributed by atoms with Gasteiger partial charge >= 0.3 is 0 Å². The van der Waals surface area contributed by atoms with E-state index >= 15 is 0 Å². The summed E-state index contributed by atoms with van der Waals surface area (Å²) in [6.07, 6.45) is 3.68. The lowest BCUT2D eigenvalue weighted by Crippen LogP contribution is -2.50. The van der Waals surface area contributed by atoms with Crippen molar-refractivity contribution in [1.82, 2.24) is 19.7 Å². The Morgan fingerprint density at radius 2 is 1.91 bits per heavy atom. The van der Waals surface area contributed by atoms with Gasteiger partial charge < -0.3 is 15.4 Å². The average molecular weight is 466 g/mol. The van der Waals surface area contributed by atoms with E-state index in [4.69, 9.17) is 22.1 Å². The van der Waals surface area contributed by atoms with E-state index < -0.39 is 0 Å². The second-order valence-corrected chi connectivity index (χ2v) is 9.44. The molecular formula is C25H28ClN5O2. The van der Waals surface area contributed by atoms with Gasteiger partial charge in [0.15, 0.2) is 11.6 Å². The molecule has 3 aromatic rings. The SMILES string of the molecule is COc1cccc(-c2nnc3n2CC(=O)N(C2CCC(CN)(c4cccc(Cl)c4)CC2)C3)c1. The summed E-state index contributed by atoms with van der Waals surface area (Å²) in [5.74, 6) is 2.37. The Labute approximate surface area is 198 Å². The Kier molecular flexibility index (Phi) is 5.85. The molecule has 0 unspecified atom stereocenters. The van der Waals surface area contributed by atoms with Gasteiger partial charge in [0, 0.05) is 28.6 Å². The first-order valence-electron chi connectivity index (χ1n) is 11.3. The number of carbonyl (C=O) groups excluding carboxylic acids is 1. The first-order chi connectivity index (χ1) is 16.0. The number of carbonyl (C=O) groups is 1. The van der Waals surface area contributed by atoms with E-state index in [9.17, 15) is 4.79 Å². The third-order valence-corrected chi connectivity index (χ3v) is 7.50. The summed E-state index contributed by atoms with van der Waals surface area (Å²) >= 11 is 6.25. The zero-order valence-electron chi connectivity index (χ0n) is 18.7. The van der Waals surface area contributed by atoms with Gasteiger partial charge in [0.1, 0.15) is 12.3 Å². The van der Waals surface area contributed by atoms with Crippen molar-refractivity contribution in [1.29, 1.82) is 0 Å². The van der Waals surface area contributed by atoms with E-state index in [1.54, 1.807) is 7.11 Å². The number of nitrogens with two attached hydrogens (primary N) is 1. The zero-order valence-corrected chi connectivity index (χ0v) is 19.5. The lowest BCUT2D eigenvalue weighted by molar-refractivity contribution is -0.137. The second kappa shape index (κ2) is 8.80. The van der Waals surface area contributed by atoms with Crippen LogP contribution < -0.4 is 10.5 Å². The summed E-state index contributed by atoms with van der Waals surface area (Å²) in [4.78, 5) is 15.2. The number of rotatable bonds is 5. The molecule has 2 aromatic carbocycles. The number of aromatic nitrogens is 3. The van der Waals surface area contributed by atoms with Crippen molar-refractivity contribution in [2.24, 2.45) is 5.73 Å². The maximum atomic E-state index is 13.2. The van der Waals surface area contributed by atoms with E-state index in [0.29, 0.717) is 18.9 Å². The van der Waals surface area contributed by atoms with Crippen molar-refractivity contribution in [2.45, 2.75) is 50.2 Å². The zero-order chi connectivity index (χ0) is 23.0. The van der Waals surface area contributed by atoms with Gasteiger partial charge in [-0.05, 0) is 55.5 Å². The lowest BCUT2D eigenvalue weighted by Gasteiger charge is -2.44. The molecule has 0 radical (unpaired) electrons. The largest absolute Gasteiger partial charge is 0.497 e. The number of amides is 1. The van der Waals surface area contributed by atoms with Gasteiger partial charge in [-0.15, -0.1) is 10.2 Å². The van der Waals surface area contributed by atoms with Crippen molar-refractivity contribution in [3.05, 3.63) is 64.9 Å². The van der Waals surface area contributed by atoms with E-state index in [2.05, 4.69) is 16.3 Å². The smallest absolute Gasteiger partial charge is 0.243 e. The molecule has 1 fully saturated rings. The van der Waals surface area contributed by atoms with Crippen molar-refractivity contribution in [2.75, 3.05) is 13.7 Å². The van der Waals surface area contributed by atoms with Crippen LogP contribution in [0.3, 0.4) is 0 Å². The predicted molar refractivity (Wildman–Crippen MR) is 127 cm³/mol. The summed E-state index contributed by atoms with van der Waals surface area (Å²) in [5, 5.41) is 9.54. The Balaban J connectivity index is 1.33. The molecule has 0 bridgehead atoms. The molecular weight excluding hydrogens is 438 g/mol.